The molecule has 156 valence electrons. The molecule has 8 heteroatoms. The Bertz CT molecular complexity index is 1030. The van der Waals surface area contributed by atoms with Crippen LogP contribution in [-0.2, 0) is 17.6 Å². The fourth-order valence-electron chi connectivity index (χ4n) is 3.49. The average molecular weight is 424 g/mol. The van der Waals surface area contributed by atoms with Crippen LogP contribution in [-0.4, -0.2) is 33.1 Å². The number of methoxy groups -OCH3 is 1. The maximum atomic E-state index is 13.3. The van der Waals surface area contributed by atoms with Crippen LogP contribution in [0.25, 0.3) is 0 Å². The Hall–Kier alpha value is -3.00. The molecule has 0 bridgehead atoms. The van der Waals surface area contributed by atoms with Crippen molar-refractivity contribution in [3.8, 4) is 5.75 Å². The molecule has 0 saturated carbocycles. The number of anilines is 1. The lowest BCUT2D eigenvalue weighted by Crippen LogP contribution is -2.41. The van der Waals surface area contributed by atoms with Crippen molar-refractivity contribution in [1.82, 2.24) is 14.9 Å². The lowest BCUT2D eigenvalue weighted by atomic mass is 10.0. The number of ether oxygens (including phenoxy) is 1. The van der Waals surface area contributed by atoms with Gasteiger partial charge in [-0.15, -0.1) is 10.2 Å². The number of amides is 1. The SMILES string of the molecule is CCc1ccc([C@H]2Nn3c(CC)nnc3S[C@H]2C(=O)Nc2ccccc2OC)cc1. The molecular formula is C22H25N5O2S. The molecular weight excluding hydrogens is 398 g/mol. The minimum atomic E-state index is -0.427. The number of hydrogen-bond donors (Lipinski definition) is 2. The van der Waals surface area contributed by atoms with Crippen LogP contribution in [0.4, 0.5) is 5.69 Å². The van der Waals surface area contributed by atoms with Crippen LogP contribution in [0.2, 0.25) is 0 Å². The number of carbonyl (C=O) groups is 1. The second-order valence-electron chi connectivity index (χ2n) is 7.02. The number of aryl methyl sites for hydroxylation is 2. The first-order valence-electron chi connectivity index (χ1n) is 10.0. The van der Waals surface area contributed by atoms with E-state index in [0.717, 1.165) is 24.2 Å². The van der Waals surface area contributed by atoms with Gasteiger partial charge in [-0.3, -0.25) is 4.79 Å². The number of nitrogens with one attached hydrogen (secondary N) is 2. The second-order valence-corrected chi connectivity index (χ2v) is 8.13. The van der Waals surface area contributed by atoms with Gasteiger partial charge in [-0.1, -0.05) is 62.0 Å². The van der Waals surface area contributed by atoms with E-state index < -0.39 is 5.25 Å². The quantitative estimate of drug-likeness (QED) is 0.628. The van der Waals surface area contributed by atoms with Gasteiger partial charge in [0, 0.05) is 6.42 Å². The monoisotopic (exact) mass is 423 g/mol. The second kappa shape index (κ2) is 8.79. The molecule has 1 aliphatic heterocycles. The Morgan fingerprint density at radius 2 is 1.90 bits per heavy atom. The van der Waals surface area contributed by atoms with Gasteiger partial charge >= 0.3 is 0 Å². The number of nitrogens with zero attached hydrogens (tertiary/aromatic N) is 3. The minimum absolute atomic E-state index is 0.117. The molecule has 0 aliphatic carbocycles. The van der Waals surface area contributed by atoms with Gasteiger partial charge in [0.15, 0.2) is 5.82 Å². The molecule has 4 rings (SSSR count). The van der Waals surface area contributed by atoms with Gasteiger partial charge in [0.1, 0.15) is 11.0 Å². The summed E-state index contributed by atoms with van der Waals surface area (Å²) in [6.45, 7) is 4.17. The number of rotatable bonds is 6. The summed E-state index contributed by atoms with van der Waals surface area (Å²) in [5.41, 5.74) is 6.42. The zero-order valence-electron chi connectivity index (χ0n) is 17.3. The Morgan fingerprint density at radius 3 is 2.60 bits per heavy atom. The first-order chi connectivity index (χ1) is 14.6. The molecule has 0 saturated heterocycles. The molecule has 3 aromatic rings. The van der Waals surface area contributed by atoms with Gasteiger partial charge in [-0.05, 0) is 29.7 Å². The van der Waals surface area contributed by atoms with Crippen molar-refractivity contribution in [2.45, 2.75) is 43.1 Å². The summed E-state index contributed by atoms with van der Waals surface area (Å²) in [4.78, 5) is 13.3. The van der Waals surface area contributed by atoms with Crippen molar-refractivity contribution in [3.05, 3.63) is 65.5 Å². The summed E-state index contributed by atoms with van der Waals surface area (Å²) in [6.07, 6.45) is 1.72. The maximum absolute atomic E-state index is 13.3. The minimum Gasteiger partial charge on any atom is -0.495 e. The zero-order chi connectivity index (χ0) is 21.1. The van der Waals surface area contributed by atoms with Crippen molar-refractivity contribution in [2.24, 2.45) is 0 Å². The number of para-hydroxylation sites is 2. The third-order valence-electron chi connectivity index (χ3n) is 5.19. The molecule has 2 N–H and O–H groups in total. The van der Waals surface area contributed by atoms with Crippen LogP contribution < -0.4 is 15.5 Å². The van der Waals surface area contributed by atoms with E-state index in [2.05, 4.69) is 52.1 Å². The standard InChI is InChI=1S/C22H25N5O2S/c1-4-14-10-12-15(13-11-14)19-20(30-22-25-24-18(5-2)27(22)26-19)21(28)23-16-8-6-7-9-17(16)29-3/h6-13,19-20,26H,4-5H2,1-3H3,(H,23,28)/t19-,20-/m1/s1. The highest BCUT2D eigenvalue weighted by Gasteiger charge is 2.37. The van der Waals surface area contributed by atoms with E-state index in [9.17, 15) is 4.79 Å². The van der Waals surface area contributed by atoms with Crippen LogP contribution in [0.15, 0.2) is 53.7 Å². The fraction of sp³-hybridized carbons (Fsp3) is 0.318. The summed E-state index contributed by atoms with van der Waals surface area (Å²) in [6, 6.07) is 15.6. The summed E-state index contributed by atoms with van der Waals surface area (Å²) in [5, 5.41) is 11.8. The van der Waals surface area contributed by atoms with Crippen LogP contribution in [0.5, 0.6) is 5.75 Å². The van der Waals surface area contributed by atoms with Crippen molar-refractivity contribution >= 4 is 23.4 Å². The van der Waals surface area contributed by atoms with E-state index in [1.807, 2.05) is 35.9 Å². The third kappa shape index (κ3) is 3.87. The zero-order valence-corrected chi connectivity index (χ0v) is 18.1. The molecule has 0 spiro atoms. The number of thioether (sulfide) groups is 1. The molecule has 2 aromatic carbocycles. The van der Waals surface area contributed by atoms with Gasteiger partial charge in [0.05, 0.1) is 18.8 Å². The summed E-state index contributed by atoms with van der Waals surface area (Å²) in [5.74, 6) is 1.35. The molecule has 0 unspecified atom stereocenters. The van der Waals surface area contributed by atoms with Crippen LogP contribution in [0.3, 0.4) is 0 Å². The molecule has 1 amide bonds. The molecule has 30 heavy (non-hydrogen) atoms. The Balaban J connectivity index is 1.67. The summed E-state index contributed by atoms with van der Waals surface area (Å²) >= 11 is 1.42. The number of hydrogen-bond acceptors (Lipinski definition) is 6. The normalized spacial score (nSPS) is 17.7. The average Bonchev–Trinajstić information content (AvgIpc) is 3.20. The van der Waals surface area contributed by atoms with E-state index in [4.69, 9.17) is 4.74 Å². The summed E-state index contributed by atoms with van der Waals surface area (Å²) < 4.78 is 7.28. The predicted molar refractivity (Wildman–Crippen MR) is 119 cm³/mol. The largest absolute Gasteiger partial charge is 0.495 e. The first-order valence-corrected chi connectivity index (χ1v) is 10.9. The Labute approximate surface area is 180 Å². The van der Waals surface area contributed by atoms with Gasteiger partial charge < -0.3 is 15.5 Å². The van der Waals surface area contributed by atoms with Crippen molar-refractivity contribution in [1.29, 1.82) is 0 Å². The number of fused-ring (bicyclic) bond motifs is 1. The van der Waals surface area contributed by atoms with E-state index in [1.54, 1.807) is 7.11 Å². The molecule has 1 aromatic heterocycles. The maximum Gasteiger partial charge on any atom is 0.240 e. The van der Waals surface area contributed by atoms with Gasteiger partial charge in [-0.25, -0.2) is 4.68 Å². The Morgan fingerprint density at radius 1 is 1.13 bits per heavy atom. The van der Waals surface area contributed by atoms with Crippen molar-refractivity contribution < 1.29 is 9.53 Å². The third-order valence-corrected chi connectivity index (χ3v) is 6.41. The van der Waals surface area contributed by atoms with Crippen LogP contribution in [0, 0.1) is 0 Å². The highest BCUT2D eigenvalue weighted by molar-refractivity contribution is 8.00. The van der Waals surface area contributed by atoms with Crippen molar-refractivity contribution in [2.75, 3.05) is 17.9 Å². The highest BCUT2D eigenvalue weighted by Crippen LogP contribution is 2.38. The Kier molecular flexibility index (Phi) is 5.94. The van der Waals surface area contributed by atoms with Gasteiger partial charge in [0.25, 0.3) is 0 Å². The smallest absolute Gasteiger partial charge is 0.240 e. The first kappa shape index (κ1) is 20.3. The molecule has 1 aliphatic rings. The molecule has 0 fully saturated rings. The molecule has 2 atom stereocenters. The molecule has 7 nitrogen and oxygen atoms in total. The molecule has 0 radical (unpaired) electrons. The fourth-order valence-corrected chi connectivity index (χ4v) is 4.59. The van der Waals surface area contributed by atoms with Gasteiger partial charge in [-0.2, -0.15) is 0 Å². The van der Waals surface area contributed by atoms with E-state index in [-0.39, 0.29) is 11.9 Å². The van der Waals surface area contributed by atoms with E-state index in [1.165, 1.54) is 17.3 Å². The number of aromatic nitrogens is 3. The van der Waals surface area contributed by atoms with E-state index >= 15 is 0 Å². The highest BCUT2D eigenvalue weighted by atomic mass is 32.2. The summed E-state index contributed by atoms with van der Waals surface area (Å²) in [7, 11) is 1.59. The van der Waals surface area contributed by atoms with Crippen LogP contribution in [0.1, 0.15) is 36.8 Å². The van der Waals surface area contributed by atoms with E-state index in [0.29, 0.717) is 16.6 Å². The number of benzene rings is 2. The molecule has 2 heterocycles. The van der Waals surface area contributed by atoms with Crippen molar-refractivity contribution in [3.63, 3.8) is 0 Å². The lowest BCUT2D eigenvalue weighted by molar-refractivity contribution is -0.116. The van der Waals surface area contributed by atoms with Crippen LogP contribution >= 0.6 is 11.8 Å². The predicted octanol–water partition coefficient (Wildman–Crippen LogP) is 3.81. The lowest BCUT2D eigenvalue weighted by Gasteiger charge is -2.33. The number of carbonyl (C=O) groups excluding carboxylic acids is 1. The van der Waals surface area contributed by atoms with Gasteiger partial charge in [0.2, 0.25) is 11.1 Å². The topological polar surface area (TPSA) is 81.1 Å².